The van der Waals surface area contributed by atoms with Crippen molar-refractivity contribution in [2.75, 3.05) is 19.5 Å². The standard InChI is InChI=1S/C19H20N2O7/c1-4-6-9-7-10(8-11(27-3)15(9)28-5-2)12-13(18(23)24)16(20)21-17(22)14(12)19(25)26/h4,7-8H,1,5-6H2,2-3H3,(H,23,24)(H,25,26)(H3,20,21,22). The van der Waals surface area contributed by atoms with Crippen LogP contribution in [0.15, 0.2) is 29.6 Å². The lowest BCUT2D eigenvalue weighted by molar-refractivity contribution is 0.0695. The summed E-state index contributed by atoms with van der Waals surface area (Å²) in [5.74, 6) is -2.85. The van der Waals surface area contributed by atoms with Crippen molar-refractivity contribution in [1.29, 1.82) is 0 Å². The van der Waals surface area contributed by atoms with Crippen LogP contribution in [0.3, 0.4) is 0 Å². The summed E-state index contributed by atoms with van der Waals surface area (Å²) in [4.78, 5) is 37.8. The topological polar surface area (TPSA) is 152 Å². The number of rotatable bonds is 8. The van der Waals surface area contributed by atoms with E-state index in [-0.39, 0.29) is 16.9 Å². The maximum atomic E-state index is 12.2. The number of hydrogen-bond acceptors (Lipinski definition) is 6. The highest BCUT2D eigenvalue weighted by molar-refractivity contribution is 6.07. The number of nitrogen functional groups attached to an aromatic ring is 1. The predicted octanol–water partition coefficient (Wildman–Crippen LogP) is 2.16. The van der Waals surface area contributed by atoms with Crippen LogP contribution in [0.4, 0.5) is 5.82 Å². The van der Waals surface area contributed by atoms with E-state index < -0.39 is 34.4 Å². The largest absolute Gasteiger partial charge is 0.493 e. The highest BCUT2D eigenvalue weighted by Crippen LogP contribution is 2.39. The fourth-order valence-electron chi connectivity index (χ4n) is 2.91. The first kappa shape index (κ1) is 20.6. The number of ether oxygens (including phenoxy) is 2. The third kappa shape index (κ3) is 3.68. The first-order chi connectivity index (χ1) is 13.3. The fourth-order valence-corrected chi connectivity index (χ4v) is 2.91. The molecular weight excluding hydrogens is 368 g/mol. The zero-order chi connectivity index (χ0) is 21.0. The van der Waals surface area contributed by atoms with Crippen LogP contribution >= 0.6 is 0 Å². The number of nitrogens with one attached hydrogen (secondary N) is 1. The number of H-pyrrole nitrogens is 1. The minimum absolute atomic E-state index is 0.143. The van der Waals surface area contributed by atoms with E-state index >= 15 is 0 Å². The average molecular weight is 388 g/mol. The van der Waals surface area contributed by atoms with Crippen molar-refractivity contribution in [2.24, 2.45) is 0 Å². The maximum Gasteiger partial charge on any atom is 0.342 e. The van der Waals surface area contributed by atoms with Crippen molar-refractivity contribution in [3.05, 3.63) is 51.8 Å². The molecule has 0 spiro atoms. The third-order valence-electron chi connectivity index (χ3n) is 3.97. The average Bonchev–Trinajstić information content (AvgIpc) is 2.61. The smallest absolute Gasteiger partial charge is 0.342 e. The molecule has 2 aromatic rings. The Balaban J connectivity index is 3.00. The lowest BCUT2D eigenvalue weighted by atomic mass is 9.93. The van der Waals surface area contributed by atoms with E-state index in [1.165, 1.54) is 19.2 Å². The van der Waals surface area contributed by atoms with Gasteiger partial charge in [0.2, 0.25) is 0 Å². The molecule has 0 radical (unpaired) electrons. The van der Waals surface area contributed by atoms with Crippen LogP contribution < -0.4 is 20.8 Å². The number of aromatic nitrogens is 1. The van der Waals surface area contributed by atoms with Crippen molar-refractivity contribution in [1.82, 2.24) is 4.98 Å². The van der Waals surface area contributed by atoms with Crippen LogP contribution in [0.25, 0.3) is 11.1 Å². The molecule has 148 valence electrons. The number of pyridine rings is 1. The van der Waals surface area contributed by atoms with Gasteiger partial charge in [-0.3, -0.25) is 4.79 Å². The number of anilines is 1. The van der Waals surface area contributed by atoms with Gasteiger partial charge in [-0.2, -0.15) is 0 Å². The van der Waals surface area contributed by atoms with Gasteiger partial charge in [-0.25, -0.2) is 9.59 Å². The molecule has 0 saturated heterocycles. The molecular formula is C19H20N2O7. The number of carbonyl (C=O) groups is 2. The molecule has 0 aliphatic rings. The Morgan fingerprint density at radius 1 is 1.25 bits per heavy atom. The number of carboxylic acids is 2. The molecule has 5 N–H and O–H groups in total. The molecule has 0 atom stereocenters. The van der Waals surface area contributed by atoms with Crippen molar-refractivity contribution >= 4 is 17.8 Å². The van der Waals surface area contributed by atoms with Gasteiger partial charge in [-0.05, 0) is 31.0 Å². The number of aromatic carboxylic acids is 2. The minimum atomic E-state index is -1.59. The van der Waals surface area contributed by atoms with Gasteiger partial charge in [-0.15, -0.1) is 6.58 Å². The van der Waals surface area contributed by atoms with Gasteiger partial charge in [0.15, 0.2) is 11.5 Å². The molecule has 0 unspecified atom stereocenters. The second-order valence-electron chi connectivity index (χ2n) is 5.70. The molecule has 1 aromatic carbocycles. The van der Waals surface area contributed by atoms with Crippen LogP contribution in [0, 0.1) is 0 Å². The predicted molar refractivity (Wildman–Crippen MR) is 102 cm³/mol. The molecule has 0 saturated carbocycles. The summed E-state index contributed by atoms with van der Waals surface area (Å²) in [6.07, 6.45) is 1.94. The van der Waals surface area contributed by atoms with E-state index in [0.29, 0.717) is 24.3 Å². The summed E-state index contributed by atoms with van der Waals surface area (Å²) in [7, 11) is 1.39. The zero-order valence-electron chi connectivity index (χ0n) is 15.4. The quantitative estimate of drug-likeness (QED) is 0.502. The normalized spacial score (nSPS) is 10.4. The van der Waals surface area contributed by atoms with Crippen molar-refractivity contribution in [3.63, 3.8) is 0 Å². The van der Waals surface area contributed by atoms with E-state index in [1.54, 1.807) is 13.0 Å². The summed E-state index contributed by atoms with van der Waals surface area (Å²) in [6, 6.07) is 2.94. The Morgan fingerprint density at radius 2 is 1.89 bits per heavy atom. The maximum absolute atomic E-state index is 12.2. The van der Waals surface area contributed by atoms with Gasteiger partial charge in [0.1, 0.15) is 16.9 Å². The SMILES string of the molecule is C=CCc1cc(-c2c(C(=O)O)c(N)[nH]c(=O)c2C(=O)O)cc(OC)c1OCC. The van der Waals surface area contributed by atoms with E-state index in [1.807, 2.05) is 0 Å². The second-order valence-corrected chi connectivity index (χ2v) is 5.70. The summed E-state index contributed by atoms with van der Waals surface area (Å²) >= 11 is 0. The van der Waals surface area contributed by atoms with Gasteiger partial charge < -0.3 is 30.4 Å². The van der Waals surface area contributed by atoms with E-state index in [4.69, 9.17) is 15.2 Å². The summed E-state index contributed by atoms with van der Waals surface area (Å²) in [6.45, 7) is 5.81. The van der Waals surface area contributed by atoms with Crippen molar-refractivity contribution in [3.8, 4) is 22.6 Å². The summed E-state index contributed by atoms with van der Waals surface area (Å²) < 4.78 is 10.9. The highest BCUT2D eigenvalue weighted by Gasteiger charge is 2.28. The Bertz CT molecular complexity index is 1010. The molecule has 1 heterocycles. The van der Waals surface area contributed by atoms with Crippen LogP contribution in [0.1, 0.15) is 33.2 Å². The molecule has 9 nitrogen and oxygen atoms in total. The Hall–Kier alpha value is -3.75. The van der Waals surface area contributed by atoms with Crippen LogP contribution in [-0.4, -0.2) is 40.9 Å². The number of carboxylic acid groups (broad SMARTS) is 2. The first-order valence-electron chi connectivity index (χ1n) is 8.24. The minimum Gasteiger partial charge on any atom is -0.493 e. The van der Waals surface area contributed by atoms with Gasteiger partial charge in [-0.1, -0.05) is 6.08 Å². The van der Waals surface area contributed by atoms with E-state index in [2.05, 4.69) is 11.6 Å². The van der Waals surface area contributed by atoms with Gasteiger partial charge >= 0.3 is 11.9 Å². The number of hydrogen-bond donors (Lipinski definition) is 4. The van der Waals surface area contributed by atoms with Gasteiger partial charge in [0.25, 0.3) is 5.56 Å². The number of methoxy groups -OCH3 is 1. The van der Waals surface area contributed by atoms with Gasteiger partial charge in [0, 0.05) is 11.1 Å². The van der Waals surface area contributed by atoms with Crippen LogP contribution in [0.5, 0.6) is 11.5 Å². The molecule has 1 aromatic heterocycles. The molecule has 0 bridgehead atoms. The molecule has 28 heavy (non-hydrogen) atoms. The Kier molecular flexibility index (Phi) is 6.09. The number of benzene rings is 1. The molecule has 9 heteroatoms. The summed E-state index contributed by atoms with van der Waals surface area (Å²) in [5.41, 5.74) is 3.82. The second kappa shape index (κ2) is 8.30. The van der Waals surface area contributed by atoms with E-state index in [0.717, 1.165) is 0 Å². The van der Waals surface area contributed by atoms with E-state index in [9.17, 15) is 24.6 Å². The van der Waals surface area contributed by atoms with Crippen LogP contribution in [-0.2, 0) is 6.42 Å². The third-order valence-corrected chi connectivity index (χ3v) is 3.97. The van der Waals surface area contributed by atoms with Gasteiger partial charge in [0.05, 0.1) is 13.7 Å². The monoisotopic (exact) mass is 388 g/mol. The van der Waals surface area contributed by atoms with Crippen molar-refractivity contribution in [2.45, 2.75) is 13.3 Å². The Labute approximate surface area is 160 Å². The number of nitrogens with two attached hydrogens (primary N) is 1. The van der Waals surface area contributed by atoms with Crippen LogP contribution in [0.2, 0.25) is 0 Å². The molecule has 0 fully saturated rings. The number of aromatic amines is 1. The molecule has 0 amide bonds. The Morgan fingerprint density at radius 3 is 2.39 bits per heavy atom. The number of allylic oxidation sites excluding steroid dienone is 1. The zero-order valence-corrected chi connectivity index (χ0v) is 15.4. The summed E-state index contributed by atoms with van der Waals surface area (Å²) in [5, 5.41) is 19.1. The highest BCUT2D eigenvalue weighted by atomic mass is 16.5. The fraction of sp³-hybridized carbons (Fsp3) is 0.211. The molecule has 2 rings (SSSR count). The molecule has 0 aliphatic heterocycles. The lowest BCUT2D eigenvalue weighted by Gasteiger charge is -2.18. The first-order valence-corrected chi connectivity index (χ1v) is 8.24. The molecule has 0 aliphatic carbocycles. The lowest BCUT2D eigenvalue weighted by Crippen LogP contribution is -2.24. The van der Waals surface area contributed by atoms with Crippen molar-refractivity contribution < 1.29 is 29.3 Å².